The standard InChI is InChI=1S/C19H25N3O4S/c1-13-6-5-7-16(12-13)27(24,25)22-10-8-15(9-11-22)18-20-17(14(2)26-18)19(23)21(3)4/h5-7,12,15H,8-11H2,1-4H3. The minimum atomic E-state index is -3.50. The maximum atomic E-state index is 12.8. The van der Waals surface area contributed by atoms with Crippen molar-refractivity contribution >= 4 is 15.9 Å². The smallest absolute Gasteiger partial charge is 0.275 e. The van der Waals surface area contributed by atoms with Gasteiger partial charge < -0.3 is 9.32 Å². The monoisotopic (exact) mass is 391 g/mol. The van der Waals surface area contributed by atoms with Crippen LogP contribution in [0.5, 0.6) is 0 Å². The number of benzene rings is 1. The molecule has 1 saturated heterocycles. The lowest BCUT2D eigenvalue weighted by Crippen LogP contribution is -2.38. The van der Waals surface area contributed by atoms with Crippen molar-refractivity contribution in [1.29, 1.82) is 0 Å². The first-order valence-corrected chi connectivity index (χ1v) is 10.4. The molecule has 1 amide bonds. The number of aromatic nitrogens is 1. The van der Waals surface area contributed by atoms with Crippen LogP contribution in [-0.4, -0.2) is 55.7 Å². The summed E-state index contributed by atoms with van der Waals surface area (Å²) in [6.45, 7) is 4.41. The van der Waals surface area contributed by atoms with Gasteiger partial charge in [-0.05, 0) is 44.4 Å². The average Bonchev–Trinajstić information content (AvgIpc) is 3.02. The highest BCUT2D eigenvalue weighted by Crippen LogP contribution is 2.31. The number of aryl methyl sites for hydroxylation is 2. The van der Waals surface area contributed by atoms with Crippen LogP contribution in [0.2, 0.25) is 0 Å². The maximum absolute atomic E-state index is 12.8. The van der Waals surface area contributed by atoms with Crippen molar-refractivity contribution in [2.75, 3.05) is 27.2 Å². The van der Waals surface area contributed by atoms with E-state index in [4.69, 9.17) is 4.42 Å². The van der Waals surface area contributed by atoms with Gasteiger partial charge in [-0.3, -0.25) is 4.79 Å². The van der Waals surface area contributed by atoms with Gasteiger partial charge in [-0.2, -0.15) is 4.31 Å². The summed E-state index contributed by atoms with van der Waals surface area (Å²) in [7, 11) is -0.153. The van der Waals surface area contributed by atoms with Crippen LogP contribution >= 0.6 is 0 Å². The summed E-state index contributed by atoms with van der Waals surface area (Å²) < 4.78 is 32.9. The SMILES string of the molecule is Cc1cccc(S(=O)(=O)N2CCC(c3nc(C(=O)N(C)C)c(C)o3)CC2)c1. The van der Waals surface area contributed by atoms with Crippen LogP contribution in [0.1, 0.15) is 46.5 Å². The van der Waals surface area contributed by atoms with Gasteiger partial charge in [0.2, 0.25) is 10.0 Å². The van der Waals surface area contributed by atoms with Crippen LogP contribution in [0.25, 0.3) is 0 Å². The molecule has 0 unspecified atom stereocenters. The summed E-state index contributed by atoms with van der Waals surface area (Å²) in [4.78, 5) is 18.3. The second-order valence-electron chi connectivity index (χ2n) is 7.15. The van der Waals surface area contributed by atoms with Crippen molar-refractivity contribution in [2.24, 2.45) is 0 Å². The quantitative estimate of drug-likeness (QED) is 0.800. The van der Waals surface area contributed by atoms with Gasteiger partial charge in [0.1, 0.15) is 5.76 Å². The van der Waals surface area contributed by atoms with Crippen molar-refractivity contribution in [1.82, 2.24) is 14.2 Å². The molecule has 1 aliphatic rings. The Balaban J connectivity index is 1.72. The Labute approximate surface area is 160 Å². The van der Waals surface area contributed by atoms with E-state index in [0.29, 0.717) is 48.2 Å². The Morgan fingerprint density at radius 1 is 1.22 bits per heavy atom. The van der Waals surface area contributed by atoms with E-state index in [1.807, 2.05) is 13.0 Å². The second-order valence-corrected chi connectivity index (χ2v) is 9.09. The van der Waals surface area contributed by atoms with Crippen LogP contribution in [0.4, 0.5) is 0 Å². The van der Waals surface area contributed by atoms with Crippen LogP contribution in [0.3, 0.4) is 0 Å². The van der Waals surface area contributed by atoms with Crippen molar-refractivity contribution in [3.05, 3.63) is 47.2 Å². The first-order chi connectivity index (χ1) is 12.7. The third kappa shape index (κ3) is 3.91. The van der Waals surface area contributed by atoms with Crippen molar-refractivity contribution in [3.63, 3.8) is 0 Å². The van der Waals surface area contributed by atoms with Gasteiger partial charge in [-0.1, -0.05) is 12.1 Å². The van der Waals surface area contributed by atoms with E-state index < -0.39 is 10.0 Å². The number of carbonyl (C=O) groups excluding carboxylic acids is 1. The second kappa shape index (κ2) is 7.44. The van der Waals surface area contributed by atoms with E-state index in [1.165, 1.54) is 9.21 Å². The van der Waals surface area contributed by atoms with E-state index in [-0.39, 0.29) is 11.8 Å². The van der Waals surface area contributed by atoms with Crippen molar-refractivity contribution < 1.29 is 17.6 Å². The molecule has 2 heterocycles. The van der Waals surface area contributed by atoms with E-state index in [1.54, 1.807) is 39.2 Å². The first-order valence-electron chi connectivity index (χ1n) is 8.96. The molecule has 0 atom stereocenters. The molecule has 0 N–H and O–H groups in total. The van der Waals surface area contributed by atoms with Gasteiger partial charge in [-0.15, -0.1) is 0 Å². The molecule has 0 aliphatic carbocycles. The number of nitrogens with zero attached hydrogens (tertiary/aromatic N) is 3. The number of amides is 1. The highest BCUT2D eigenvalue weighted by molar-refractivity contribution is 7.89. The molecule has 27 heavy (non-hydrogen) atoms. The largest absolute Gasteiger partial charge is 0.445 e. The molecule has 0 spiro atoms. The topological polar surface area (TPSA) is 83.7 Å². The molecule has 1 fully saturated rings. The Hall–Kier alpha value is -2.19. The summed E-state index contributed by atoms with van der Waals surface area (Å²) in [5.74, 6) is 0.835. The number of rotatable bonds is 4. The van der Waals surface area contributed by atoms with Gasteiger partial charge in [0.25, 0.3) is 5.91 Å². The molecule has 1 aliphatic heterocycles. The summed E-state index contributed by atoms with van der Waals surface area (Å²) in [5, 5.41) is 0. The van der Waals surface area contributed by atoms with Crippen LogP contribution in [-0.2, 0) is 10.0 Å². The third-order valence-electron chi connectivity index (χ3n) is 4.85. The van der Waals surface area contributed by atoms with Gasteiger partial charge in [0.15, 0.2) is 11.6 Å². The number of piperidine rings is 1. The van der Waals surface area contributed by atoms with Gasteiger partial charge in [0.05, 0.1) is 4.90 Å². The third-order valence-corrected chi connectivity index (χ3v) is 6.75. The summed E-state index contributed by atoms with van der Waals surface area (Å²) in [6.07, 6.45) is 1.22. The van der Waals surface area contributed by atoms with Gasteiger partial charge >= 0.3 is 0 Å². The number of hydrogen-bond acceptors (Lipinski definition) is 5. The zero-order valence-corrected chi connectivity index (χ0v) is 16.9. The molecule has 1 aromatic carbocycles. The van der Waals surface area contributed by atoms with Crippen LogP contribution in [0, 0.1) is 13.8 Å². The van der Waals surface area contributed by atoms with Gasteiger partial charge in [-0.25, -0.2) is 13.4 Å². The molecule has 8 heteroatoms. The van der Waals surface area contributed by atoms with Crippen LogP contribution < -0.4 is 0 Å². The molecule has 0 saturated carbocycles. The Morgan fingerprint density at radius 2 is 1.89 bits per heavy atom. The van der Waals surface area contributed by atoms with Crippen LogP contribution in [0.15, 0.2) is 33.6 Å². The fraction of sp³-hybridized carbons (Fsp3) is 0.474. The Kier molecular flexibility index (Phi) is 5.39. The highest BCUT2D eigenvalue weighted by Gasteiger charge is 2.32. The number of sulfonamides is 1. The van der Waals surface area contributed by atoms with Gasteiger partial charge in [0, 0.05) is 33.1 Å². The molecule has 1 aromatic heterocycles. The maximum Gasteiger partial charge on any atom is 0.275 e. The first kappa shape index (κ1) is 19.6. The minimum Gasteiger partial charge on any atom is -0.445 e. The zero-order valence-electron chi connectivity index (χ0n) is 16.1. The predicted octanol–water partition coefficient (Wildman–Crippen LogP) is 2.56. The molecule has 2 aromatic rings. The van der Waals surface area contributed by atoms with Crippen molar-refractivity contribution in [2.45, 2.75) is 37.5 Å². The highest BCUT2D eigenvalue weighted by atomic mass is 32.2. The van der Waals surface area contributed by atoms with E-state index >= 15 is 0 Å². The molecular weight excluding hydrogens is 366 g/mol. The lowest BCUT2D eigenvalue weighted by atomic mass is 9.98. The Morgan fingerprint density at radius 3 is 2.48 bits per heavy atom. The fourth-order valence-electron chi connectivity index (χ4n) is 3.27. The fourth-order valence-corrected chi connectivity index (χ4v) is 4.84. The van der Waals surface area contributed by atoms with E-state index in [0.717, 1.165) is 5.56 Å². The average molecular weight is 391 g/mol. The predicted molar refractivity (Wildman–Crippen MR) is 101 cm³/mol. The molecular formula is C19H25N3O4S. The normalized spacial score (nSPS) is 16.4. The lowest BCUT2D eigenvalue weighted by Gasteiger charge is -2.29. The molecule has 7 nitrogen and oxygen atoms in total. The number of hydrogen-bond donors (Lipinski definition) is 0. The number of carbonyl (C=O) groups is 1. The van der Waals surface area contributed by atoms with E-state index in [9.17, 15) is 13.2 Å². The lowest BCUT2D eigenvalue weighted by molar-refractivity contribution is 0.0821. The molecule has 0 bridgehead atoms. The molecule has 0 radical (unpaired) electrons. The Bertz CT molecular complexity index is 942. The minimum absolute atomic E-state index is 0.0105. The number of oxazole rings is 1. The summed E-state index contributed by atoms with van der Waals surface area (Å²) in [5.41, 5.74) is 1.24. The van der Waals surface area contributed by atoms with Crippen molar-refractivity contribution in [3.8, 4) is 0 Å². The molecule has 3 rings (SSSR count). The summed E-state index contributed by atoms with van der Waals surface area (Å²) >= 11 is 0. The zero-order chi connectivity index (χ0) is 19.8. The summed E-state index contributed by atoms with van der Waals surface area (Å²) in [6, 6.07) is 6.96. The molecule has 146 valence electrons. The van der Waals surface area contributed by atoms with E-state index in [2.05, 4.69) is 4.98 Å².